The molecule has 0 aliphatic heterocycles. The molecule has 0 saturated heterocycles. The molecule has 8 heteroatoms. The fourth-order valence-electron chi connectivity index (χ4n) is 2.20. The van der Waals surface area contributed by atoms with Crippen molar-refractivity contribution in [2.45, 2.75) is 11.8 Å². The van der Waals surface area contributed by atoms with Crippen LogP contribution in [0.4, 0.5) is 11.6 Å². The molecule has 132 valence electrons. The Morgan fingerprint density at radius 1 is 0.962 bits per heavy atom. The molecule has 3 rings (SSSR count). The van der Waals surface area contributed by atoms with Gasteiger partial charge in [0.1, 0.15) is 0 Å². The molecule has 0 radical (unpaired) electrons. The van der Waals surface area contributed by atoms with E-state index in [-0.39, 0.29) is 22.3 Å². The third-order valence-corrected chi connectivity index (χ3v) is 4.81. The van der Waals surface area contributed by atoms with Crippen molar-refractivity contribution in [3.05, 3.63) is 78.1 Å². The van der Waals surface area contributed by atoms with Crippen LogP contribution < -0.4 is 10.0 Å². The van der Waals surface area contributed by atoms with Gasteiger partial charge in [-0.25, -0.2) is 23.1 Å². The van der Waals surface area contributed by atoms with Crippen molar-refractivity contribution < 1.29 is 13.2 Å². The van der Waals surface area contributed by atoms with Crippen LogP contribution in [-0.4, -0.2) is 24.3 Å². The smallest absolute Gasteiger partial charge is 0.264 e. The second kappa shape index (κ2) is 7.32. The van der Waals surface area contributed by atoms with E-state index in [0.29, 0.717) is 5.69 Å². The van der Waals surface area contributed by atoms with Crippen LogP contribution in [0.3, 0.4) is 0 Å². The molecule has 0 aliphatic rings. The van der Waals surface area contributed by atoms with E-state index in [1.807, 2.05) is 25.1 Å². The molecule has 1 heterocycles. The monoisotopic (exact) mass is 368 g/mol. The highest BCUT2D eigenvalue weighted by Gasteiger charge is 2.15. The van der Waals surface area contributed by atoms with Crippen LogP contribution >= 0.6 is 0 Å². The number of benzene rings is 2. The van der Waals surface area contributed by atoms with Gasteiger partial charge >= 0.3 is 0 Å². The molecule has 1 aromatic heterocycles. The maximum atomic E-state index is 12.2. The fraction of sp³-hybridized carbons (Fsp3) is 0.0556. The van der Waals surface area contributed by atoms with Crippen molar-refractivity contribution in [3.63, 3.8) is 0 Å². The van der Waals surface area contributed by atoms with Gasteiger partial charge in [-0.05, 0) is 36.8 Å². The molecule has 0 unspecified atom stereocenters. The molecule has 2 aromatic carbocycles. The summed E-state index contributed by atoms with van der Waals surface area (Å²) < 4.78 is 26.7. The number of aryl methyl sites for hydroxylation is 1. The van der Waals surface area contributed by atoms with Crippen molar-refractivity contribution in [1.29, 1.82) is 0 Å². The lowest BCUT2D eigenvalue weighted by Gasteiger charge is -2.08. The van der Waals surface area contributed by atoms with Crippen LogP contribution in [0, 0.1) is 6.92 Å². The van der Waals surface area contributed by atoms with E-state index in [0.717, 1.165) is 5.56 Å². The number of rotatable bonds is 5. The number of nitrogens with one attached hydrogen (secondary N) is 2. The summed E-state index contributed by atoms with van der Waals surface area (Å²) in [6.07, 6.45) is 2.53. The first-order chi connectivity index (χ1) is 12.4. The molecule has 7 nitrogen and oxygen atoms in total. The van der Waals surface area contributed by atoms with Gasteiger partial charge in [0.2, 0.25) is 5.95 Å². The lowest BCUT2D eigenvalue weighted by Crippen LogP contribution is -2.16. The number of sulfonamides is 1. The first kappa shape index (κ1) is 17.6. The van der Waals surface area contributed by atoms with E-state index in [1.165, 1.54) is 24.5 Å². The molecule has 26 heavy (non-hydrogen) atoms. The Balaban J connectivity index is 1.71. The Kier molecular flexibility index (Phi) is 4.94. The molecular formula is C18H16N4O3S. The molecule has 0 saturated carbocycles. The number of amides is 1. The lowest BCUT2D eigenvalue weighted by molar-refractivity contribution is 0.102. The van der Waals surface area contributed by atoms with E-state index in [1.54, 1.807) is 24.3 Å². The Morgan fingerprint density at radius 2 is 1.65 bits per heavy atom. The van der Waals surface area contributed by atoms with Crippen LogP contribution in [0.15, 0.2) is 71.9 Å². The molecule has 0 atom stereocenters. The van der Waals surface area contributed by atoms with Gasteiger partial charge in [0.15, 0.2) is 0 Å². The molecule has 2 N–H and O–H groups in total. The highest BCUT2D eigenvalue weighted by molar-refractivity contribution is 7.92. The summed E-state index contributed by atoms with van der Waals surface area (Å²) in [5.74, 6) is -0.492. The highest BCUT2D eigenvalue weighted by atomic mass is 32.2. The number of anilines is 2. The zero-order valence-corrected chi connectivity index (χ0v) is 14.7. The van der Waals surface area contributed by atoms with Crippen molar-refractivity contribution in [3.8, 4) is 0 Å². The second-order valence-electron chi connectivity index (χ2n) is 5.54. The highest BCUT2D eigenvalue weighted by Crippen LogP contribution is 2.14. The van der Waals surface area contributed by atoms with E-state index < -0.39 is 10.0 Å². The summed E-state index contributed by atoms with van der Waals surface area (Å²) in [5, 5.41) is 2.74. The Hall–Kier alpha value is -3.26. The summed E-state index contributed by atoms with van der Waals surface area (Å²) >= 11 is 0. The zero-order valence-electron chi connectivity index (χ0n) is 13.9. The topological polar surface area (TPSA) is 101 Å². The van der Waals surface area contributed by atoms with Crippen LogP contribution in [0.25, 0.3) is 0 Å². The molecule has 0 fully saturated rings. The van der Waals surface area contributed by atoms with Crippen LogP contribution in [0.5, 0.6) is 0 Å². The van der Waals surface area contributed by atoms with Crippen LogP contribution in [0.2, 0.25) is 0 Å². The van der Waals surface area contributed by atoms with Gasteiger partial charge in [-0.3, -0.25) is 4.79 Å². The van der Waals surface area contributed by atoms with E-state index in [4.69, 9.17) is 0 Å². The van der Waals surface area contributed by atoms with Gasteiger partial charge in [0, 0.05) is 18.1 Å². The molecule has 0 bridgehead atoms. The summed E-state index contributed by atoms with van der Waals surface area (Å²) in [6.45, 7) is 1.92. The number of carbonyl (C=O) groups excluding carboxylic acids is 1. The summed E-state index contributed by atoms with van der Waals surface area (Å²) in [5.41, 5.74) is 1.89. The van der Waals surface area contributed by atoms with Crippen molar-refractivity contribution >= 4 is 27.6 Å². The number of hydrogen-bond acceptors (Lipinski definition) is 5. The first-order valence-corrected chi connectivity index (χ1v) is 9.20. The maximum Gasteiger partial charge on any atom is 0.264 e. The Labute approximate surface area is 151 Å². The van der Waals surface area contributed by atoms with Gasteiger partial charge < -0.3 is 5.32 Å². The number of hydrogen-bond donors (Lipinski definition) is 2. The third kappa shape index (κ3) is 4.22. The van der Waals surface area contributed by atoms with E-state index in [9.17, 15) is 13.2 Å². The maximum absolute atomic E-state index is 12.2. The van der Waals surface area contributed by atoms with Gasteiger partial charge in [0.05, 0.1) is 10.5 Å². The minimum Gasteiger partial charge on any atom is -0.322 e. The minimum absolute atomic E-state index is 0.102. The second-order valence-corrected chi connectivity index (χ2v) is 7.22. The molecule has 1 amide bonds. The summed E-state index contributed by atoms with van der Waals surface area (Å²) in [7, 11) is -3.78. The number of carbonyl (C=O) groups is 1. The Bertz CT molecular complexity index is 1020. The minimum atomic E-state index is -3.78. The average molecular weight is 368 g/mol. The largest absolute Gasteiger partial charge is 0.322 e. The van der Waals surface area contributed by atoms with Crippen molar-refractivity contribution in [2.24, 2.45) is 0 Å². The fourth-order valence-corrected chi connectivity index (χ4v) is 3.18. The predicted molar refractivity (Wildman–Crippen MR) is 98.4 cm³/mol. The molecular weight excluding hydrogens is 352 g/mol. The predicted octanol–water partition coefficient (Wildman–Crippen LogP) is 2.84. The normalized spacial score (nSPS) is 11.0. The van der Waals surface area contributed by atoms with Crippen molar-refractivity contribution in [1.82, 2.24) is 9.97 Å². The van der Waals surface area contributed by atoms with Crippen LogP contribution in [0.1, 0.15) is 15.9 Å². The number of nitrogens with zero attached hydrogens (tertiary/aromatic N) is 2. The Morgan fingerprint density at radius 3 is 2.31 bits per heavy atom. The third-order valence-electron chi connectivity index (χ3n) is 3.47. The number of aromatic nitrogens is 2. The van der Waals surface area contributed by atoms with Gasteiger partial charge in [-0.15, -0.1) is 0 Å². The SMILES string of the molecule is Cc1cccc(NC(=O)c2cnc(NS(=O)(=O)c3ccccc3)nc2)c1. The molecule has 3 aromatic rings. The quantitative estimate of drug-likeness (QED) is 0.721. The lowest BCUT2D eigenvalue weighted by atomic mass is 10.2. The van der Waals surface area contributed by atoms with Crippen molar-refractivity contribution in [2.75, 3.05) is 10.0 Å². The first-order valence-electron chi connectivity index (χ1n) is 7.72. The summed E-state index contributed by atoms with van der Waals surface area (Å²) in [4.78, 5) is 20.1. The van der Waals surface area contributed by atoms with Gasteiger partial charge in [-0.2, -0.15) is 0 Å². The van der Waals surface area contributed by atoms with Gasteiger partial charge in [-0.1, -0.05) is 30.3 Å². The zero-order chi connectivity index (χ0) is 18.6. The standard InChI is InChI=1S/C18H16N4O3S/c1-13-6-5-7-15(10-13)21-17(23)14-11-19-18(20-12-14)22-26(24,25)16-8-3-2-4-9-16/h2-12H,1H3,(H,21,23)(H,19,20,22). The molecule has 0 spiro atoms. The molecule has 0 aliphatic carbocycles. The van der Waals surface area contributed by atoms with E-state index in [2.05, 4.69) is 20.0 Å². The van der Waals surface area contributed by atoms with E-state index >= 15 is 0 Å². The van der Waals surface area contributed by atoms with Crippen LogP contribution in [-0.2, 0) is 10.0 Å². The van der Waals surface area contributed by atoms with Gasteiger partial charge in [0.25, 0.3) is 15.9 Å². The summed E-state index contributed by atoms with van der Waals surface area (Å²) in [6, 6.07) is 15.3. The average Bonchev–Trinajstić information content (AvgIpc) is 2.63.